The molecule has 2 rings (SSSR count). The summed E-state index contributed by atoms with van der Waals surface area (Å²) in [4.78, 5) is 22.5. The fourth-order valence-electron chi connectivity index (χ4n) is 2.05. The number of nitrogens with one attached hydrogen (secondary N) is 1. The van der Waals surface area contributed by atoms with Crippen molar-refractivity contribution in [3.63, 3.8) is 0 Å². The minimum Gasteiger partial charge on any atom is -0.352 e. The van der Waals surface area contributed by atoms with Crippen LogP contribution in [0.2, 0.25) is 5.15 Å². The first-order valence-electron chi connectivity index (χ1n) is 6.04. The van der Waals surface area contributed by atoms with Crippen molar-refractivity contribution in [1.29, 1.82) is 0 Å². The molecule has 6 heteroatoms. The number of anilines is 1. The van der Waals surface area contributed by atoms with E-state index in [0.717, 1.165) is 6.54 Å². The molecule has 1 aromatic rings. The SMILES string of the molecule is CCc1nc(Cl)cc(N2CCNC(=O)C2(C)C)n1. The molecule has 0 spiro atoms. The highest BCUT2D eigenvalue weighted by atomic mass is 35.5. The number of aryl methyl sites for hydroxylation is 1. The number of rotatable bonds is 2. The van der Waals surface area contributed by atoms with Crippen molar-refractivity contribution >= 4 is 23.3 Å². The summed E-state index contributed by atoms with van der Waals surface area (Å²) in [6, 6.07) is 1.71. The van der Waals surface area contributed by atoms with Gasteiger partial charge >= 0.3 is 0 Å². The van der Waals surface area contributed by atoms with Crippen molar-refractivity contribution in [3.05, 3.63) is 17.0 Å². The Morgan fingerprint density at radius 3 is 2.89 bits per heavy atom. The first-order chi connectivity index (χ1) is 8.45. The Hall–Kier alpha value is -1.36. The van der Waals surface area contributed by atoms with Gasteiger partial charge in [-0.25, -0.2) is 9.97 Å². The van der Waals surface area contributed by atoms with Crippen molar-refractivity contribution in [2.24, 2.45) is 0 Å². The lowest BCUT2D eigenvalue weighted by atomic mass is 9.99. The maximum Gasteiger partial charge on any atom is 0.245 e. The molecule has 2 heterocycles. The molecule has 1 aliphatic rings. The minimum atomic E-state index is -0.624. The number of nitrogens with zero attached hydrogens (tertiary/aromatic N) is 3. The third-order valence-electron chi connectivity index (χ3n) is 3.17. The second kappa shape index (κ2) is 4.72. The van der Waals surface area contributed by atoms with Crippen molar-refractivity contribution in [3.8, 4) is 0 Å². The molecule has 0 unspecified atom stereocenters. The molecule has 18 heavy (non-hydrogen) atoms. The molecule has 1 aliphatic heterocycles. The van der Waals surface area contributed by atoms with E-state index in [-0.39, 0.29) is 5.91 Å². The topological polar surface area (TPSA) is 58.1 Å². The molecule has 0 saturated carbocycles. The van der Waals surface area contributed by atoms with Crippen LogP contribution in [0, 0.1) is 0 Å². The second-order valence-corrected chi connectivity index (χ2v) is 5.17. The smallest absolute Gasteiger partial charge is 0.245 e. The predicted molar refractivity (Wildman–Crippen MR) is 70.9 cm³/mol. The number of halogens is 1. The molecule has 0 atom stereocenters. The van der Waals surface area contributed by atoms with Gasteiger partial charge in [0.05, 0.1) is 0 Å². The molecule has 0 radical (unpaired) electrons. The zero-order chi connectivity index (χ0) is 13.3. The van der Waals surface area contributed by atoms with Gasteiger partial charge in [-0.15, -0.1) is 0 Å². The van der Waals surface area contributed by atoms with Gasteiger partial charge in [-0.2, -0.15) is 0 Å². The average Bonchev–Trinajstić information content (AvgIpc) is 2.31. The Bertz CT molecular complexity index is 475. The predicted octanol–water partition coefficient (Wildman–Crippen LogP) is 1.41. The summed E-state index contributed by atoms with van der Waals surface area (Å²) in [5.74, 6) is 1.41. The normalized spacial score (nSPS) is 18.7. The van der Waals surface area contributed by atoms with Crippen LogP contribution >= 0.6 is 11.6 Å². The number of aromatic nitrogens is 2. The molecule has 98 valence electrons. The van der Waals surface area contributed by atoms with E-state index in [2.05, 4.69) is 15.3 Å². The first kappa shape index (κ1) is 13.1. The van der Waals surface area contributed by atoms with Gasteiger partial charge < -0.3 is 10.2 Å². The van der Waals surface area contributed by atoms with Gasteiger partial charge in [0.15, 0.2) is 0 Å². The lowest BCUT2D eigenvalue weighted by Gasteiger charge is -2.42. The van der Waals surface area contributed by atoms with Gasteiger partial charge in [-0.3, -0.25) is 4.79 Å². The van der Waals surface area contributed by atoms with E-state index in [1.807, 2.05) is 25.7 Å². The highest BCUT2D eigenvalue weighted by Crippen LogP contribution is 2.26. The zero-order valence-corrected chi connectivity index (χ0v) is 11.6. The van der Waals surface area contributed by atoms with Crippen LogP contribution < -0.4 is 10.2 Å². The van der Waals surface area contributed by atoms with E-state index in [1.54, 1.807) is 6.07 Å². The highest BCUT2D eigenvalue weighted by Gasteiger charge is 2.38. The van der Waals surface area contributed by atoms with Gasteiger partial charge in [0.25, 0.3) is 0 Å². The quantitative estimate of drug-likeness (QED) is 0.824. The third-order valence-corrected chi connectivity index (χ3v) is 3.37. The van der Waals surface area contributed by atoms with Crippen molar-refractivity contribution in [2.75, 3.05) is 18.0 Å². The number of piperazine rings is 1. The molecule has 0 bridgehead atoms. The Balaban J connectivity index is 2.41. The van der Waals surface area contributed by atoms with Crippen molar-refractivity contribution in [1.82, 2.24) is 15.3 Å². The Morgan fingerprint density at radius 1 is 1.50 bits per heavy atom. The highest BCUT2D eigenvalue weighted by molar-refractivity contribution is 6.29. The maximum atomic E-state index is 11.9. The summed E-state index contributed by atoms with van der Waals surface area (Å²) in [7, 11) is 0. The fourth-order valence-corrected chi connectivity index (χ4v) is 2.24. The van der Waals surface area contributed by atoms with E-state index in [9.17, 15) is 4.79 Å². The molecule has 1 amide bonds. The zero-order valence-electron chi connectivity index (χ0n) is 10.8. The van der Waals surface area contributed by atoms with Gasteiger partial charge in [0.1, 0.15) is 22.3 Å². The van der Waals surface area contributed by atoms with Crippen LogP contribution in [0.5, 0.6) is 0 Å². The molecule has 1 aromatic heterocycles. The van der Waals surface area contributed by atoms with E-state index >= 15 is 0 Å². The summed E-state index contributed by atoms with van der Waals surface area (Å²) in [6.07, 6.45) is 0.716. The number of carbonyl (C=O) groups is 1. The lowest BCUT2D eigenvalue weighted by molar-refractivity contribution is -0.126. The van der Waals surface area contributed by atoms with Crippen LogP contribution in [0.15, 0.2) is 6.07 Å². The lowest BCUT2D eigenvalue weighted by Crippen LogP contribution is -2.62. The minimum absolute atomic E-state index is 0.00142. The first-order valence-corrected chi connectivity index (χ1v) is 6.42. The van der Waals surface area contributed by atoms with Gasteiger partial charge in [-0.1, -0.05) is 18.5 Å². The molecule has 1 fully saturated rings. The second-order valence-electron chi connectivity index (χ2n) is 4.79. The van der Waals surface area contributed by atoms with Gasteiger partial charge in [0.2, 0.25) is 5.91 Å². The monoisotopic (exact) mass is 268 g/mol. The summed E-state index contributed by atoms with van der Waals surface area (Å²) >= 11 is 6.00. The van der Waals surface area contributed by atoms with Gasteiger partial charge in [-0.05, 0) is 13.8 Å². The van der Waals surface area contributed by atoms with Crippen LogP contribution in [0.25, 0.3) is 0 Å². The van der Waals surface area contributed by atoms with E-state index in [1.165, 1.54) is 0 Å². The van der Waals surface area contributed by atoms with Crippen LogP contribution in [0.3, 0.4) is 0 Å². The molecule has 1 saturated heterocycles. The largest absolute Gasteiger partial charge is 0.352 e. The molecule has 0 aromatic carbocycles. The summed E-state index contributed by atoms with van der Waals surface area (Å²) in [6.45, 7) is 7.07. The number of amides is 1. The molecular weight excluding hydrogens is 252 g/mol. The summed E-state index contributed by atoms with van der Waals surface area (Å²) in [5, 5.41) is 3.27. The maximum absolute atomic E-state index is 11.9. The van der Waals surface area contributed by atoms with Crippen LogP contribution in [-0.4, -0.2) is 34.5 Å². The van der Waals surface area contributed by atoms with Gasteiger partial charge in [0, 0.05) is 25.6 Å². The molecule has 1 N–H and O–H groups in total. The summed E-state index contributed by atoms with van der Waals surface area (Å²) < 4.78 is 0. The Labute approximate surface area is 112 Å². The molecule has 5 nitrogen and oxygen atoms in total. The Morgan fingerprint density at radius 2 is 2.22 bits per heavy atom. The average molecular weight is 269 g/mol. The number of hydrogen-bond acceptors (Lipinski definition) is 4. The third kappa shape index (κ3) is 2.27. The van der Waals surface area contributed by atoms with Crippen LogP contribution in [0.1, 0.15) is 26.6 Å². The van der Waals surface area contributed by atoms with E-state index < -0.39 is 5.54 Å². The van der Waals surface area contributed by atoms with E-state index in [0.29, 0.717) is 29.8 Å². The number of carbonyl (C=O) groups excluding carboxylic acids is 1. The standard InChI is InChI=1S/C12H17ClN4O/c1-4-9-15-8(13)7-10(16-9)17-6-5-14-11(18)12(17,2)3/h7H,4-6H2,1-3H3,(H,14,18). The van der Waals surface area contributed by atoms with Crippen LogP contribution in [0.4, 0.5) is 5.82 Å². The molecule has 0 aliphatic carbocycles. The van der Waals surface area contributed by atoms with Crippen molar-refractivity contribution < 1.29 is 4.79 Å². The summed E-state index contributed by atoms with van der Waals surface area (Å²) in [5.41, 5.74) is -0.624. The van der Waals surface area contributed by atoms with Crippen LogP contribution in [-0.2, 0) is 11.2 Å². The number of hydrogen-bond donors (Lipinski definition) is 1. The van der Waals surface area contributed by atoms with Crippen molar-refractivity contribution in [2.45, 2.75) is 32.7 Å². The van der Waals surface area contributed by atoms with E-state index in [4.69, 9.17) is 11.6 Å². The fraction of sp³-hybridized carbons (Fsp3) is 0.583. The molecular formula is C12H17ClN4O. The Kier molecular flexibility index (Phi) is 3.43.